The van der Waals surface area contributed by atoms with Crippen molar-refractivity contribution in [2.45, 2.75) is 58.0 Å². The zero-order valence-electron chi connectivity index (χ0n) is 17.1. The molecule has 7 nitrogen and oxygen atoms in total. The number of aromatic nitrogens is 1. The number of unbranched alkanes of at least 4 members (excludes halogenated alkanes) is 4. The Morgan fingerprint density at radius 3 is 2.63 bits per heavy atom. The van der Waals surface area contributed by atoms with Crippen LogP contribution in [0.1, 0.15) is 74.0 Å². The Morgan fingerprint density at radius 1 is 1.20 bits per heavy atom. The zero-order valence-corrected chi connectivity index (χ0v) is 17.1. The Kier molecular flexibility index (Phi) is 6.20. The summed E-state index contributed by atoms with van der Waals surface area (Å²) in [6.07, 6.45) is 10.6. The molecule has 0 unspecified atom stereocenters. The van der Waals surface area contributed by atoms with Gasteiger partial charge in [0, 0.05) is 29.8 Å². The molecule has 30 heavy (non-hydrogen) atoms. The molecule has 1 aromatic heterocycles. The number of carboxylic acids is 1. The number of hydrogen-bond acceptors (Lipinski definition) is 6. The predicted octanol–water partition coefficient (Wildman–Crippen LogP) is 4.25. The third-order valence-corrected chi connectivity index (χ3v) is 5.42. The quantitative estimate of drug-likeness (QED) is 0.284. The molecule has 7 heteroatoms. The van der Waals surface area contributed by atoms with E-state index in [1.165, 1.54) is 19.2 Å². The number of pyridine rings is 1. The Balaban J connectivity index is 1.96. The van der Waals surface area contributed by atoms with Gasteiger partial charge in [0.25, 0.3) is 0 Å². The van der Waals surface area contributed by atoms with E-state index in [9.17, 15) is 19.5 Å². The lowest BCUT2D eigenvalue weighted by atomic mass is 9.78. The first kappa shape index (κ1) is 21.5. The summed E-state index contributed by atoms with van der Waals surface area (Å²) in [5, 5.41) is 19.4. The molecule has 0 radical (unpaired) electrons. The van der Waals surface area contributed by atoms with Crippen molar-refractivity contribution in [3.63, 3.8) is 0 Å². The topological polar surface area (TPSA) is 114 Å². The van der Waals surface area contributed by atoms with Crippen LogP contribution >= 0.6 is 0 Å². The van der Waals surface area contributed by atoms with Crippen LogP contribution in [0.2, 0.25) is 0 Å². The number of Topliss-reactive ketones (excluding diaryl/α,β-unsaturated/α-hetero) is 1. The number of aliphatic hydroxyl groups excluding tert-OH is 1. The van der Waals surface area contributed by atoms with Crippen molar-refractivity contribution in [2.24, 2.45) is 0 Å². The first-order valence-corrected chi connectivity index (χ1v) is 10.1. The molecular formula is C23H25NO6. The largest absolute Gasteiger partial charge is 0.511 e. The summed E-state index contributed by atoms with van der Waals surface area (Å²) in [6, 6.07) is 1.57. The monoisotopic (exact) mass is 411 g/mol. The maximum atomic E-state index is 13.1. The molecule has 1 atom stereocenters. The summed E-state index contributed by atoms with van der Waals surface area (Å²) in [5.74, 6) is -2.31. The number of hydrogen-bond donors (Lipinski definition) is 2. The number of aliphatic hydroxyl groups is 1. The number of carbonyl (C=O) groups excluding carboxylic acids is 2. The highest BCUT2D eigenvalue weighted by Crippen LogP contribution is 2.45. The van der Waals surface area contributed by atoms with Gasteiger partial charge in [-0.2, -0.15) is 0 Å². The standard InChI is InChI=1S/C23H25NO6/c1-3-4-5-6-7-8-18(25)20-17-12-14-11-15(9-10-19(26)27)24-13-16(14)21(28)23(17,2)30-22(20)29/h9-13,25H,3-8H2,1-2H3,(H,26,27)/b10-9-,20-18?/t23-/m1/s1. The van der Waals surface area contributed by atoms with E-state index in [-0.39, 0.29) is 16.9 Å². The highest BCUT2D eigenvalue weighted by molar-refractivity contribution is 6.17. The Bertz CT molecular complexity index is 987. The summed E-state index contributed by atoms with van der Waals surface area (Å²) in [6.45, 7) is 3.64. The number of rotatable bonds is 8. The van der Waals surface area contributed by atoms with Crippen LogP contribution in [0.5, 0.6) is 0 Å². The van der Waals surface area contributed by atoms with Gasteiger partial charge >= 0.3 is 11.9 Å². The van der Waals surface area contributed by atoms with E-state index in [0.29, 0.717) is 23.3 Å². The third-order valence-electron chi connectivity index (χ3n) is 5.42. The first-order valence-electron chi connectivity index (χ1n) is 10.1. The summed E-state index contributed by atoms with van der Waals surface area (Å²) < 4.78 is 5.42. The average Bonchev–Trinajstić information content (AvgIpc) is 2.96. The van der Waals surface area contributed by atoms with Gasteiger partial charge in [-0.1, -0.05) is 32.6 Å². The van der Waals surface area contributed by atoms with Gasteiger partial charge < -0.3 is 14.9 Å². The normalized spacial score (nSPS) is 21.9. The van der Waals surface area contributed by atoms with Crippen molar-refractivity contribution in [1.82, 2.24) is 4.98 Å². The van der Waals surface area contributed by atoms with Gasteiger partial charge in [-0.25, -0.2) is 9.59 Å². The summed E-state index contributed by atoms with van der Waals surface area (Å²) >= 11 is 0. The number of aliphatic carboxylic acids is 1. The molecule has 1 aliphatic heterocycles. The van der Waals surface area contributed by atoms with Gasteiger partial charge in [0.1, 0.15) is 11.3 Å². The number of carboxylic acid groups (broad SMARTS) is 1. The molecule has 0 bridgehead atoms. The highest BCUT2D eigenvalue weighted by atomic mass is 16.6. The fourth-order valence-corrected chi connectivity index (χ4v) is 3.77. The van der Waals surface area contributed by atoms with Gasteiger partial charge in [0.15, 0.2) is 5.60 Å². The van der Waals surface area contributed by atoms with Crippen LogP contribution in [0.25, 0.3) is 12.2 Å². The SMILES string of the molecule is CCCCCCCC(O)=C1C(=O)O[C@@]2(C)C(=O)c3cnc(/C=C\C(=O)O)cc3C=C12. The minimum absolute atomic E-state index is 0.0476. The summed E-state index contributed by atoms with van der Waals surface area (Å²) in [5.41, 5.74) is 0.0125. The number of ether oxygens (including phenoxy) is 1. The molecule has 158 valence electrons. The minimum Gasteiger partial charge on any atom is -0.511 e. The minimum atomic E-state index is -1.50. The molecule has 3 rings (SSSR count). The van der Waals surface area contributed by atoms with Crippen molar-refractivity contribution < 1.29 is 29.3 Å². The lowest BCUT2D eigenvalue weighted by Crippen LogP contribution is -2.39. The second kappa shape index (κ2) is 8.65. The van der Waals surface area contributed by atoms with Crippen molar-refractivity contribution in [3.8, 4) is 0 Å². The van der Waals surface area contributed by atoms with Crippen LogP contribution in [0.15, 0.2) is 35.2 Å². The maximum absolute atomic E-state index is 13.1. The van der Waals surface area contributed by atoms with Crippen molar-refractivity contribution in [1.29, 1.82) is 0 Å². The molecule has 1 aliphatic carbocycles. The zero-order chi connectivity index (χ0) is 21.9. The average molecular weight is 411 g/mol. The van der Waals surface area contributed by atoms with E-state index >= 15 is 0 Å². The van der Waals surface area contributed by atoms with Crippen LogP contribution in [0.4, 0.5) is 0 Å². The molecule has 2 N–H and O–H groups in total. The van der Waals surface area contributed by atoms with Crippen LogP contribution in [-0.2, 0) is 14.3 Å². The molecule has 1 aromatic rings. The van der Waals surface area contributed by atoms with Crippen LogP contribution in [0, 0.1) is 0 Å². The van der Waals surface area contributed by atoms with E-state index in [4.69, 9.17) is 9.84 Å². The number of fused-ring (bicyclic) bond motifs is 2. The van der Waals surface area contributed by atoms with Gasteiger partial charge in [-0.15, -0.1) is 0 Å². The van der Waals surface area contributed by atoms with E-state index in [2.05, 4.69) is 11.9 Å². The molecule has 1 saturated heterocycles. The van der Waals surface area contributed by atoms with Crippen molar-refractivity contribution in [3.05, 3.63) is 52.1 Å². The molecule has 2 heterocycles. The first-order chi connectivity index (χ1) is 14.3. The highest BCUT2D eigenvalue weighted by Gasteiger charge is 2.54. The lowest BCUT2D eigenvalue weighted by molar-refractivity contribution is -0.141. The Hall–Kier alpha value is -3.22. The van der Waals surface area contributed by atoms with Crippen molar-refractivity contribution >= 4 is 29.9 Å². The fourth-order valence-electron chi connectivity index (χ4n) is 3.77. The van der Waals surface area contributed by atoms with Crippen molar-refractivity contribution in [2.75, 3.05) is 0 Å². The number of carbonyl (C=O) groups is 3. The molecule has 1 fully saturated rings. The molecule has 2 aliphatic rings. The maximum Gasteiger partial charge on any atom is 0.343 e. The predicted molar refractivity (Wildman–Crippen MR) is 111 cm³/mol. The molecule has 0 aromatic carbocycles. The lowest BCUT2D eigenvalue weighted by Gasteiger charge is -2.27. The number of nitrogens with zero attached hydrogens (tertiary/aromatic N) is 1. The van der Waals surface area contributed by atoms with E-state index in [1.807, 2.05) is 0 Å². The second-order valence-electron chi connectivity index (χ2n) is 7.66. The Morgan fingerprint density at radius 2 is 1.93 bits per heavy atom. The van der Waals surface area contributed by atoms with Gasteiger partial charge in [-0.3, -0.25) is 9.78 Å². The molecule has 0 saturated carbocycles. The van der Waals surface area contributed by atoms with Gasteiger partial charge in [-0.05, 0) is 37.1 Å². The number of esters is 1. The van der Waals surface area contributed by atoms with E-state index < -0.39 is 23.3 Å². The van der Waals surface area contributed by atoms with E-state index in [0.717, 1.165) is 38.2 Å². The Labute approximate surface area is 174 Å². The van der Waals surface area contributed by atoms with Crippen LogP contribution in [-0.4, -0.2) is 38.5 Å². The number of allylic oxidation sites excluding steroid dienone is 1. The summed E-state index contributed by atoms with van der Waals surface area (Å²) in [4.78, 5) is 40.4. The van der Waals surface area contributed by atoms with E-state index in [1.54, 1.807) is 12.1 Å². The summed E-state index contributed by atoms with van der Waals surface area (Å²) in [7, 11) is 0. The third kappa shape index (κ3) is 4.06. The van der Waals surface area contributed by atoms with Crippen LogP contribution in [0.3, 0.4) is 0 Å². The molecular weight excluding hydrogens is 386 g/mol. The van der Waals surface area contributed by atoms with Crippen LogP contribution < -0.4 is 0 Å². The van der Waals surface area contributed by atoms with Gasteiger partial charge in [0.05, 0.1) is 5.69 Å². The van der Waals surface area contributed by atoms with Gasteiger partial charge in [0.2, 0.25) is 5.78 Å². The second-order valence-corrected chi connectivity index (χ2v) is 7.66. The number of ketones is 1. The molecule has 0 spiro atoms. The fraction of sp³-hybridized carbons (Fsp3) is 0.391. The smallest absolute Gasteiger partial charge is 0.343 e. The molecule has 0 amide bonds.